The van der Waals surface area contributed by atoms with Gasteiger partial charge in [0.05, 0.1) is 32.2 Å². The highest BCUT2D eigenvalue weighted by Gasteiger charge is 2.17. The van der Waals surface area contributed by atoms with Crippen LogP contribution in [0.3, 0.4) is 0 Å². The van der Waals surface area contributed by atoms with Crippen LogP contribution in [0, 0.1) is 0 Å². The van der Waals surface area contributed by atoms with Crippen LogP contribution in [-0.4, -0.2) is 29.5 Å². The number of carbonyl (C=O) groups excluding carboxylic acids is 1. The van der Waals surface area contributed by atoms with Crippen molar-refractivity contribution >= 4 is 5.91 Å². The van der Waals surface area contributed by atoms with Gasteiger partial charge in [0.25, 0.3) is 5.91 Å². The van der Waals surface area contributed by atoms with Gasteiger partial charge in [0, 0.05) is 12.3 Å². The van der Waals surface area contributed by atoms with E-state index in [0.29, 0.717) is 30.3 Å². The molecule has 26 heavy (non-hydrogen) atoms. The fraction of sp³-hybridized carbons (Fsp3) is 0.200. The summed E-state index contributed by atoms with van der Waals surface area (Å²) in [6.07, 6.45) is 3.29. The van der Waals surface area contributed by atoms with E-state index in [9.17, 15) is 4.79 Å². The molecule has 0 N–H and O–H groups in total. The molecular formula is C20H20N2O4. The molecule has 0 bridgehead atoms. The molecule has 6 nitrogen and oxygen atoms in total. The van der Waals surface area contributed by atoms with Gasteiger partial charge in [0.15, 0.2) is 6.61 Å². The lowest BCUT2D eigenvalue weighted by Gasteiger charge is -2.21. The lowest BCUT2D eigenvalue weighted by molar-refractivity contribution is -0.135. The summed E-state index contributed by atoms with van der Waals surface area (Å²) < 4.78 is 16.2. The molecule has 0 spiro atoms. The van der Waals surface area contributed by atoms with Crippen molar-refractivity contribution in [3.8, 4) is 11.5 Å². The Bertz CT molecular complexity index is 819. The molecular weight excluding hydrogens is 332 g/mol. The number of rotatable bonds is 8. The number of ether oxygens (including phenoxy) is 2. The maximum absolute atomic E-state index is 12.7. The SMILES string of the molecule is COc1cccc(OCC(=O)N(Cc2ccccn2)Cc2ccco2)c1. The van der Waals surface area contributed by atoms with Gasteiger partial charge in [-0.2, -0.15) is 0 Å². The van der Waals surface area contributed by atoms with E-state index < -0.39 is 0 Å². The molecule has 0 aliphatic heterocycles. The number of methoxy groups -OCH3 is 1. The van der Waals surface area contributed by atoms with Gasteiger partial charge in [-0.05, 0) is 36.4 Å². The number of furan rings is 1. The normalized spacial score (nSPS) is 10.3. The zero-order valence-corrected chi connectivity index (χ0v) is 14.5. The van der Waals surface area contributed by atoms with Gasteiger partial charge in [-0.3, -0.25) is 9.78 Å². The number of hydrogen-bond donors (Lipinski definition) is 0. The molecule has 0 atom stereocenters. The summed E-state index contributed by atoms with van der Waals surface area (Å²) in [6, 6.07) is 16.4. The summed E-state index contributed by atoms with van der Waals surface area (Å²) in [5.41, 5.74) is 0.800. The van der Waals surface area contributed by atoms with Crippen molar-refractivity contribution in [2.24, 2.45) is 0 Å². The van der Waals surface area contributed by atoms with E-state index in [-0.39, 0.29) is 12.5 Å². The molecule has 1 amide bonds. The third-order valence-electron chi connectivity index (χ3n) is 3.76. The number of amides is 1. The van der Waals surface area contributed by atoms with Crippen LogP contribution in [0.15, 0.2) is 71.5 Å². The Balaban J connectivity index is 1.67. The van der Waals surface area contributed by atoms with E-state index in [1.54, 1.807) is 42.7 Å². The zero-order chi connectivity index (χ0) is 18.2. The standard InChI is InChI=1S/C20H20N2O4/c1-24-17-7-4-8-18(12-17)26-15-20(23)22(14-19-9-5-11-25-19)13-16-6-2-3-10-21-16/h2-12H,13-15H2,1H3. The number of carbonyl (C=O) groups is 1. The minimum Gasteiger partial charge on any atom is -0.497 e. The average Bonchev–Trinajstić information content (AvgIpc) is 3.20. The average molecular weight is 352 g/mol. The minimum atomic E-state index is -0.158. The van der Waals surface area contributed by atoms with E-state index in [1.165, 1.54) is 0 Å². The van der Waals surface area contributed by atoms with Gasteiger partial charge >= 0.3 is 0 Å². The van der Waals surface area contributed by atoms with Gasteiger partial charge < -0.3 is 18.8 Å². The monoisotopic (exact) mass is 352 g/mol. The van der Waals surface area contributed by atoms with Crippen LogP contribution in [0.2, 0.25) is 0 Å². The van der Waals surface area contributed by atoms with Crippen LogP contribution in [0.4, 0.5) is 0 Å². The van der Waals surface area contributed by atoms with Gasteiger partial charge in [-0.25, -0.2) is 0 Å². The third-order valence-corrected chi connectivity index (χ3v) is 3.76. The van der Waals surface area contributed by atoms with E-state index in [2.05, 4.69) is 4.98 Å². The molecule has 0 saturated heterocycles. The smallest absolute Gasteiger partial charge is 0.261 e. The molecule has 134 valence electrons. The van der Waals surface area contributed by atoms with Crippen LogP contribution >= 0.6 is 0 Å². The molecule has 0 fully saturated rings. The molecule has 3 aromatic rings. The summed E-state index contributed by atoms with van der Waals surface area (Å²) in [5, 5.41) is 0. The summed E-state index contributed by atoms with van der Waals surface area (Å²) in [6.45, 7) is 0.645. The molecule has 0 aliphatic carbocycles. The maximum atomic E-state index is 12.7. The van der Waals surface area contributed by atoms with E-state index in [0.717, 1.165) is 5.69 Å². The first-order chi connectivity index (χ1) is 12.7. The highest BCUT2D eigenvalue weighted by Crippen LogP contribution is 2.19. The van der Waals surface area contributed by atoms with Crippen molar-refractivity contribution in [2.75, 3.05) is 13.7 Å². The Morgan fingerprint density at radius 3 is 2.69 bits per heavy atom. The van der Waals surface area contributed by atoms with E-state index in [4.69, 9.17) is 13.9 Å². The van der Waals surface area contributed by atoms with Crippen molar-refractivity contribution in [1.29, 1.82) is 0 Å². The van der Waals surface area contributed by atoms with Crippen LogP contribution in [-0.2, 0) is 17.9 Å². The van der Waals surface area contributed by atoms with Crippen molar-refractivity contribution in [1.82, 2.24) is 9.88 Å². The summed E-state index contributed by atoms with van der Waals surface area (Å²) in [4.78, 5) is 18.6. The Morgan fingerprint density at radius 1 is 1.08 bits per heavy atom. The molecule has 0 radical (unpaired) electrons. The van der Waals surface area contributed by atoms with Crippen LogP contribution in [0.5, 0.6) is 11.5 Å². The first kappa shape index (κ1) is 17.5. The number of pyridine rings is 1. The minimum absolute atomic E-state index is 0.0826. The Hall–Kier alpha value is -3.28. The van der Waals surface area contributed by atoms with Crippen LogP contribution in [0.25, 0.3) is 0 Å². The Kier molecular flexibility index (Phi) is 5.88. The molecule has 1 aromatic carbocycles. The number of aromatic nitrogens is 1. The molecule has 6 heteroatoms. The van der Waals surface area contributed by atoms with E-state index >= 15 is 0 Å². The molecule has 2 heterocycles. The molecule has 2 aromatic heterocycles. The summed E-state index contributed by atoms with van der Waals surface area (Å²) >= 11 is 0. The molecule has 0 aliphatic rings. The largest absolute Gasteiger partial charge is 0.497 e. The third kappa shape index (κ3) is 4.86. The van der Waals surface area contributed by atoms with Crippen LogP contribution in [0.1, 0.15) is 11.5 Å². The van der Waals surface area contributed by atoms with Crippen molar-refractivity contribution < 1.29 is 18.7 Å². The molecule has 0 saturated carbocycles. The van der Waals surface area contributed by atoms with Crippen molar-refractivity contribution in [3.63, 3.8) is 0 Å². The molecule has 0 unspecified atom stereocenters. The van der Waals surface area contributed by atoms with Gasteiger partial charge in [0.2, 0.25) is 0 Å². The second-order valence-electron chi connectivity index (χ2n) is 5.62. The first-order valence-corrected chi connectivity index (χ1v) is 8.21. The lowest BCUT2D eigenvalue weighted by atomic mass is 10.3. The molecule has 3 rings (SSSR count). The highest BCUT2D eigenvalue weighted by atomic mass is 16.5. The quantitative estimate of drug-likeness (QED) is 0.622. The Labute approximate surface area is 152 Å². The second kappa shape index (κ2) is 8.71. The van der Waals surface area contributed by atoms with Crippen molar-refractivity contribution in [3.05, 3.63) is 78.5 Å². The van der Waals surface area contributed by atoms with E-state index in [1.807, 2.05) is 36.4 Å². The number of benzene rings is 1. The fourth-order valence-corrected chi connectivity index (χ4v) is 2.44. The highest BCUT2D eigenvalue weighted by molar-refractivity contribution is 5.77. The van der Waals surface area contributed by atoms with Gasteiger partial charge in [-0.1, -0.05) is 12.1 Å². The topological polar surface area (TPSA) is 64.8 Å². The van der Waals surface area contributed by atoms with Gasteiger partial charge in [-0.15, -0.1) is 0 Å². The lowest BCUT2D eigenvalue weighted by Crippen LogP contribution is -2.34. The summed E-state index contributed by atoms with van der Waals surface area (Å²) in [5.74, 6) is 1.80. The fourth-order valence-electron chi connectivity index (χ4n) is 2.44. The predicted octanol–water partition coefficient (Wildman–Crippen LogP) is 3.29. The first-order valence-electron chi connectivity index (χ1n) is 8.21. The maximum Gasteiger partial charge on any atom is 0.261 e. The van der Waals surface area contributed by atoms with Crippen LogP contribution < -0.4 is 9.47 Å². The zero-order valence-electron chi connectivity index (χ0n) is 14.5. The number of nitrogens with zero attached hydrogens (tertiary/aromatic N) is 2. The van der Waals surface area contributed by atoms with Crippen molar-refractivity contribution in [2.45, 2.75) is 13.1 Å². The predicted molar refractivity (Wildman–Crippen MR) is 95.7 cm³/mol. The van der Waals surface area contributed by atoms with Gasteiger partial charge in [0.1, 0.15) is 17.3 Å². The second-order valence-corrected chi connectivity index (χ2v) is 5.62. The summed E-state index contributed by atoms with van der Waals surface area (Å²) in [7, 11) is 1.59. The Morgan fingerprint density at radius 2 is 1.96 bits per heavy atom. The number of hydrogen-bond acceptors (Lipinski definition) is 5.